The lowest BCUT2D eigenvalue weighted by Crippen LogP contribution is -2.31. The van der Waals surface area contributed by atoms with Gasteiger partial charge in [-0.2, -0.15) is 0 Å². The third-order valence-corrected chi connectivity index (χ3v) is 8.78. The van der Waals surface area contributed by atoms with Gasteiger partial charge >= 0.3 is 0 Å². The van der Waals surface area contributed by atoms with Gasteiger partial charge in [0.05, 0.1) is 16.7 Å². The Morgan fingerprint density at radius 2 is 1.39 bits per heavy atom. The van der Waals surface area contributed by atoms with Crippen molar-refractivity contribution in [1.29, 1.82) is 0 Å². The minimum absolute atomic E-state index is 0.0270. The Morgan fingerprint density at radius 1 is 0.735 bits per heavy atom. The van der Waals surface area contributed by atoms with Crippen LogP contribution in [0.1, 0.15) is 82.0 Å². The zero-order valence-electron chi connectivity index (χ0n) is 27.2. The van der Waals surface area contributed by atoms with E-state index in [9.17, 15) is 45.3 Å². The SMILES string of the molecule is CC1=CC(c2c(O)ccc(C(=O)/C=C/c3ccc(O)cc3O)c2O)C(C(=O)c2ccc(O)c(/C=C/C(C)C)c2O)C(c2ccc(O)cc2)C1. The zero-order valence-corrected chi connectivity index (χ0v) is 27.2. The van der Waals surface area contributed by atoms with Crippen LogP contribution in [0.5, 0.6) is 40.2 Å². The predicted molar refractivity (Wildman–Crippen MR) is 186 cm³/mol. The van der Waals surface area contributed by atoms with Gasteiger partial charge in [-0.15, -0.1) is 0 Å². The van der Waals surface area contributed by atoms with Crippen LogP contribution in [-0.4, -0.2) is 47.3 Å². The summed E-state index contributed by atoms with van der Waals surface area (Å²) in [5, 5.41) is 74.4. The maximum atomic E-state index is 14.7. The van der Waals surface area contributed by atoms with Crippen molar-refractivity contribution in [2.75, 3.05) is 0 Å². The van der Waals surface area contributed by atoms with E-state index in [1.807, 2.05) is 20.8 Å². The Bertz CT molecular complexity index is 2000. The van der Waals surface area contributed by atoms with Crippen LogP contribution in [0, 0.1) is 11.8 Å². The lowest BCUT2D eigenvalue weighted by molar-refractivity contribution is 0.0877. The highest BCUT2D eigenvalue weighted by Crippen LogP contribution is 2.52. The highest BCUT2D eigenvalue weighted by atomic mass is 16.3. The molecule has 1 aliphatic carbocycles. The van der Waals surface area contributed by atoms with E-state index in [1.165, 1.54) is 54.6 Å². The van der Waals surface area contributed by atoms with Crippen LogP contribution in [0.3, 0.4) is 0 Å². The van der Waals surface area contributed by atoms with Gasteiger partial charge in [0, 0.05) is 29.0 Å². The Balaban J connectivity index is 1.65. The summed E-state index contributed by atoms with van der Waals surface area (Å²) in [4.78, 5) is 28.1. The highest BCUT2D eigenvalue weighted by Gasteiger charge is 2.43. The molecule has 0 amide bonds. The van der Waals surface area contributed by atoms with Gasteiger partial charge in [-0.05, 0) is 91.4 Å². The second-order valence-corrected chi connectivity index (χ2v) is 12.7. The Kier molecular flexibility index (Phi) is 9.84. The molecule has 5 rings (SSSR count). The van der Waals surface area contributed by atoms with Crippen LogP contribution >= 0.6 is 0 Å². The van der Waals surface area contributed by atoms with Crippen molar-refractivity contribution in [2.24, 2.45) is 11.8 Å². The van der Waals surface area contributed by atoms with Gasteiger partial charge in [0.2, 0.25) is 0 Å². The van der Waals surface area contributed by atoms with E-state index in [-0.39, 0.29) is 62.5 Å². The van der Waals surface area contributed by atoms with Gasteiger partial charge < -0.3 is 35.7 Å². The normalized spacial score (nSPS) is 17.9. The molecule has 0 aliphatic heterocycles. The Labute approximate surface area is 283 Å². The predicted octanol–water partition coefficient (Wildman–Crippen LogP) is 7.91. The topological polar surface area (TPSA) is 176 Å². The molecule has 0 heterocycles. The van der Waals surface area contributed by atoms with Gasteiger partial charge in [0.1, 0.15) is 40.2 Å². The second-order valence-electron chi connectivity index (χ2n) is 12.7. The summed E-state index contributed by atoms with van der Waals surface area (Å²) in [6.07, 6.45) is 7.92. The summed E-state index contributed by atoms with van der Waals surface area (Å²) in [7, 11) is 0. The average Bonchev–Trinajstić information content (AvgIpc) is 3.04. The maximum Gasteiger partial charge on any atom is 0.189 e. The van der Waals surface area contributed by atoms with Gasteiger partial charge in [0.15, 0.2) is 11.6 Å². The third-order valence-electron chi connectivity index (χ3n) is 8.78. The van der Waals surface area contributed by atoms with E-state index in [0.29, 0.717) is 12.0 Å². The fourth-order valence-corrected chi connectivity index (χ4v) is 6.34. The second kappa shape index (κ2) is 14.0. The molecule has 7 N–H and O–H groups in total. The van der Waals surface area contributed by atoms with E-state index in [1.54, 1.807) is 30.4 Å². The minimum atomic E-state index is -1.03. The van der Waals surface area contributed by atoms with E-state index in [0.717, 1.165) is 17.7 Å². The van der Waals surface area contributed by atoms with E-state index in [4.69, 9.17) is 0 Å². The summed E-state index contributed by atoms with van der Waals surface area (Å²) < 4.78 is 0. The zero-order chi connectivity index (χ0) is 35.6. The molecular weight excluding hydrogens is 624 g/mol. The smallest absolute Gasteiger partial charge is 0.189 e. The van der Waals surface area contributed by atoms with Crippen LogP contribution in [-0.2, 0) is 0 Å². The summed E-state index contributed by atoms with van der Waals surface area (Å²) >= 11 is 0. The molecular formula is C40H38O9. The molecule has 9 heteroatoms. The first-order valence-corrected chi connectivity index (χ1v) is 15.8. The Morgan fingerprint density at radius 3 is 2.06 bits per heavy atom. The van der Waals surface area contributed by atoms with Crippen molar-refractivity contribution in [3.05, 3.63) is 124 Å². The third kappa shape index (κ3) is 7.16. The molecule has 0 aromatic heterocycles. The van der Waals surface area contributed by atoms with Gasteiger partial charge in [-0.25, -0.2) is 0 Å². The van der Waals surface area contributed by atoms with E-state index >= 15 is 0 Å². The van der Waals surface area contributed by atoms with E-state index < -0.39 is 40.8 Å². The van der Waals surface area contributed by atoms with Crippen molar-refractivity contribution in [3.8, 4) is 40.2 Å². The number of phenols is 7. The number of aromatic hydroxyl groups is 7. The molecule has 0 saturated heterocycles. The number of carbonyl (C=O) groups excluding carboxylic acids is 2. The summed E-state index contributed by atoms with van der Waals surface area (Å²) in [5.41, 5.74) is 1.54. The van der Waals surface area contributed by atoms with Gasteiger partial charge in [-0.3, -0.25) is 9.59 Å². The van der Waals surface area contributed by atoms with Crippen LogP contribution in [0.25, 0.3) is 12.2 Å². The van der Waals surface area contributed by atoms with Crippen molar-refractivity contribution >= 4 is 23.7 Å². The van der Waals surface area contributed by atoms with Crippen LogP contribution in [0.4, 0.5) is 0 Å². The monoisotopic (exact) mass is 662 g/mol. The first kappa shape index (κ1) is 34.4. The lowest BCUT2D eigenvalue weighted by atomic mass is 9.65. The largest absolute Gasteiger partial charge is 0.508 e. The van der Waals surface area contributed by atoms with E-state index in [2.05, 4.69) is 0 Å². The van der Waals surface area contributed by atoms with Crippen molar-refractivity contribution in [2.45, 2.75) is 39.0 Å². The molecule has 0 radical (unpaired) electrons. The molecule has 3 unspecified atom stereocenters. The summed E-state index contributed by atoms with van der Waals surface area (Å²) in [5.74, 6) is -5.58. The molecule has 49 heavy (non-hydrogen) atoms. The molecule has 3 atom stereocenters. The lowest BCUT2D eigenvalue weighted by Gasteiger charge is -2.37. The number of rotatable bonds is 9. The van der Waals surface area contributed by atoms with Crippen LogP contribution < -0.4 is 0 Å². The summed E-state index contributed by atoms with van der Waals surface area (Å²) in [6.45, 7) is 5.70. The highest BCUT2D eigenvalue weighted by molar-refractivity contribution is 6.09. The van der Waals surface area contributed by atoms with Gasteiger partial charge in [0.25, 0.3) is 0 Å². The van der Waals surface area contributed by atoms with Crippen molar-refractivity contribution in [1.82, 2.24) is 0 Å². The average molecular weight is 663 g/mol. The number of hydrogen-bond donors (Lipinski definition) is 7. The number of carbonyl (C=O) groups is 2. The van der Waals surface area contributed by atoms with Gasteiger partial charge in [-0.1, -0.05) is 49.8 Å². The van der Waals surface area contributed by atoms with Crippen molar-refractivity contribution < 1.29 is 45.3 Å². The Hall–Kier alpha value is -5.96. The fraction of sp³-hybridized carbons (Fsp3) is 0.200. The minimum Gasteiger partial charge on any atom is -0.508 e. The number of phenolic OH excluding ortho intramolecular Hbond substituents is 7. The fourth-order valence-electron chi connectivity index (χ4n) is 6.34. The number of Topliss-reactive ketones (excluding diaryl/α,β-unsaturated/α-hetero) is 1. The molecule has 4 aromatic carbocycles. The standard InChI is InChI=1S/C40H38O9/c1-21(2)4-12-27-33(44)16-14-29(38(27)47)40(49)36-30(23-5-9-25(41)10-6-23)18-22(3)19-31(36)37-34(45)17-13-28(39(37)48)32(43)15-8-24-7-11-26(42)20-35(24)46/h4-17,19-21,30-31,36,41-42,44-48H,18H2,1-3H3/b12-4+,15-8+. The van der Waals surface area contributed by atoms with Crippen LogP contribution in [0.2, 0.25) is 0 Å². The van der Waals surface area contributed by atoms with Crippen molar-refractivity contribution in [3.63, 3.8) is 0 Å². The number of ketones is 2. The molecule has 4 aromatic rings. The first-order chi connectivity index (χ1) is 23.3. The molecule has 9 nitrogen and oxygen atoms in total. The number of allylic oxidation sites excluding steroid dienone is 4. The molecule has 252 valence electrons. The summed E-state index contributed by atoms with van der Waals surface area (Å²) in [6, 6.07) is 15.4. The number of hydrogen-bond acceptors (Lipinski definition) is 9. The first-order valence-electron chi connectivity index (χ1n) is 15.8. The quantitative estimate of drug-likeness (QED) is 0.0533. The molecule has 0 spiro atoms. The number of benzene rings is 4. The van der Waals surface area contributed by atoms with Crippen LogP contribution in [0.15, 0.2) is 90.5 Å². The molecule has 0 bridgehead atoms. The molecule has 0 saturated carbocycles. The maximum absolute atomic E-state index is 14.7. The molecule has 0 fully saturated rings. The molecule has 1 aliphatic rings.